The van der Waals surface area contributed by atoms with Gasteiger partial charge in [-0.1, -0.05) is 26.0 Å². The Bertz CT molecular complexity index is 683. The van der Waals surface area contributed by atoms with Crippen molar-refractivity contribution in [3.05, 3.63) is 39.9 Å². The van der Waals surface area contributed by atoms with Crippen LogP contribution in [0.3, 0.4) is 0 Å². The summed E-state index contributed by atoms with van der Waals surface area (Å²) >= 11 is 0. The van der Waals surface area contributed by atoms with Gasteiger partial charge in [0.15, 0.2) is 5.41 Å². The molecule has 0 heterocycles. The molecule has 1 aliphatic rings. The molecule has 1 fully saturated rings. The minimum Gasteiger partial charge on any atom is -0.375 e. The number of hydrogen-bond acceptors (Lipinski definition) is 5. The van der Waals surface area contributed by atoms with E-state index in [0.29, 0.717) is 0 Å². The van der Waals surface area contributed by atoms with Crippen LogP contribution in [0.25, 0.3) is 0 Å². The molecule has 2 rings (SSSR count). The maximum Gasteiger partial charge on any atom is 0.269 e. The minimum absolute atomic E-state index is 0.0186. The van der Waals surface area contributed by atoms with E-state index in [1.165, 1.54) is 19.2 Å². The van der Waals surface area contributed by atoms with Crippen molar-refractivity contribution in [1.82, 2.24) is 0 Å². The van der Waals surface area contributed by atoms with Gasteiger partial charge < -0.3 is 4.74 Å². The van der Waals surface area contributed by atoms with Gasteiger partial charge in [0.2, 0.25) is 0 Å². The summed E-state index contributed by atoms with van der Waals surface area (Å²) in [6.07, 6.45) is 0. The molecule has 0 bridgehead atoms. The number of non-ortho nitro benzene ring substituents is 1. The Balaban J connectivity index is 2.57. The zero-order chi connectivity index (χ0) is 16.8. The Morgan fingerprint density at radius 2 is 1.68 bits per heavy atom. The van der Waals surface area contributed by atoms with E-state index >= 15 is 0 Å². The second kappa shape index (κ2) is 4.79. The molecular weight excluding hydrogens is 282 g/mol. The third-order valence-electron chi connectivity index (χ3n) is 5.33. The fourth-order valence-electron chi connectivity index (χ4n) is 3.77. The lowest BCUT2D eigenvalue weighted by Crippen LogP contribution is -2.72. The molecule has 0 saturated heterocycles. The Kier molecular flexibility index (Phi) is 3.47. The van der Waals surface area contributed by atoms with Gasteiger partial charge in [-0.05, 0) is 12.5 Å². The van der Waals surface area contributed by atoms with E-state index in [2.05, 4.69) is 12.1 Å². The van der Waals surface area contributed by atoms with E-state index < -0.39 is 21.4 Å². The van der Waals surface area contributed by atoms with Crippen LogP contribution in [0.1, 0.15) is 32.3 Å². The summed E-state index contributed by atoms with van der Waals surface area (Å²) in [6, 6.07) is 10.3. The number of ether oxygens (including phenoxy) is 1. The summed E-state index contributed by atoms with van der Waals surface area (Å²) in [5.74, 6) is -0.388. The van der Waals surface area contributed by atoms with Gasteiger partial charge in [-0.2, -0.15) is 10.5 Å². The summed E-state index contributed by atoms with van der Waals surface area (Å²) in [5, 5.41) is 30.1. The Morgan fingerprint density at radius 3 is 2.05 bits per heavy atom. The van der Waals surface area contributed by atoms with Crippen LogP contribution < -0.4 is 0 Å². The highest BCUT2D eigenvalue weighted by Gasteiger charge is 2.76. The van der Waals surface area contributed by atoms with Crippen LogP contribution in [0.2, 0.25) is 0 Å². The lowest BCUT2D eigenvalue weighted by atomic mass is 9.37. The zero-order valence-corrected chi connectivity index (χ0v) is 13.0. The molecule has 2 unspecified atom stereocenters. The molecule has 0 aliphatic heterocycles. The number of nitro groups is 1. The molecule has 1 aromatic carbocycles. The van der Waals surface area contributed by atoms with Crippen molar-refractivity contribution >= 4 is 5.69 Å². The van der Waals surface area contributed by atoms with Crippen molar-refractivity contribution in [3.8, 4) is 12.1 Å². The van der Waals surface area contributed by atoms with Gasteiger partial charge in [-0.3, -0.25) is 10.1 Å². The van der Waals surface area contributed by atoms with Gasteiger partial charge in [0.1, 0.15) is 5.60 Å². The molecule has 0 aromatic heterocycles. The molecule has 0 spiro atoms. The van der Waals surface area contributed by atoms with Crippen LogP contribution in [-0.2, 0) is 4.74 Å². The van der Waals surface area contributed by atoms with Crippen LogP contribution in [0, 0.1) is 43.6 Å². The van der Waals surface area contributed by atoms with Gasteiger partial charge in [0, 0.05) is 30.6 Å². The predicted octanol–water partition coefficient (Wildman–Crippen LogP) is 3.16. The van der Waals surface area contributed by atoms with Crippen LogP contribution in [0.4, 0.5) is 5.69 Å². The summed E-state index contributed by atoms with van der Waals surface area (Å²) in [4.78, 5) is 10.3. The van der Waals surface area contributed by atoms with Crippen molar-refractivity contribution in [2.45, 2.75) is 32.3 Å². The van der Waals surface area contributed by atoms with Crippen LogP contribution in [0.5, 0.6) is 0 Å². The fraction of sp³-hybridized carbons (Fsp3) is 0.500. The summed E-state index contributed by atoms with van der Waals surface area (Å²) in [5.41, 5.74) is -2.01. The first-order valence-electron chi connectivity index (χ1n) is 6.84. The molecule has 1 saturated carbocycles. The Labute approximate surface area is 129 Å². The third kappa shape index (κ3) is 1.62. The SMILES string of the molecule is COC1(C)C(C)(C)C(c2ccc([N+](=O)[O-])cc2)C1(C#N)C#N. The molecule has 0 N–H and O–H groups in total. The van der Waals surface area contributed by atoms with Gasteiger partial charge >= 0.3 is 0 Å². The number of nitriles is 2. The molecule has 1 aromatic rings. The highest BCUT2D eigenvalue weighted by atomic mass is 16.6. The molecule has 2 atom stereocenters. The fourth-order valence-corrected chi connectivity index (χ4v) is 3.77. The molecule has 6 heteroatoms. The molecule has 0 radical (unpaired) electrons. The third-order valence-corrected chi connectivity index (χ3v) is 5.33. The Hall–Kier alpha value is -2.44. The first kappa shape index (κ1) is 15.9. The van der Waals surface area contributed by atoms with Gasteiger partial charge in [0.25, 0.3) is 5.69 Å². The molecule has 22 heavy (non-hydrogen) atoms. The average Bonchev–Trinajstić information content (AvgIpc) is 2.51. The first-order chi connectivity index (χ1) is 10.2. The van der Waals surface area contributed by atoms with Crippen molar-refractivity contribution in [2.24, 2.45) is 10.8 Å². The summed E-state index contributed by atoms with van der Waals surface area (Å²) in [7, 11) is 1.50. The van der Waals surface area contributed by atoms with Crippen molar-refractivity contribution in [1.29, 1.82) is 10.5 Å². The molecule has 1 aliphatic carbocycles. The van der Waals surface area contributed by atoms with E-state index in [0.717, 1.165) is 5.56 Å². The number of benzene rings is 1. The monoisotopic (exact) mass is 299 g/mol. The average molecular weight is 299 g/mol. The van der Waals surface area contributed by atoms with E-state index in [1.807, 2.05) is 13.8 Å². The van der Waals surface area contributed by atoms with E-state index in [4.69, 9.17) is 4.74 Å². The van der Waals surface area contributed by atoms with Crippen LogP contribution in [0.15, 0.2) is 24.3 Å². The van der Waals surface area contributed by atoms with Gasteiger partial charge in [-0.25, -0.2) is 0 Å². The second-order valence-electron chi connectivity index (χ2n) is 6.27. The summed E-state index contributed by atoms with van der Waals surface area (Å²) < 4.78 is 5.55. The van der Waals surface area contributed by atoms with Crippen molar-refractivity contribution in [2.75, 3.05) is 7.11 Å². The molecule has 114 valence electrons. The van der Waals surface area contributed by atoms with Crippen molar-refractivity contribution < 1.29 is 9.66 Å². The highest BCUT2D eigenvalue weighted by Crippen LogP contribution is 2.71. The van der Waals surface area contributed by atoms with E-state index in [-0.39, 0.29) is 11.6 Å². The lowest BCUT2D eigenvalue weighted by molar-refractivity contribution is -0.384. The first-order valence-corrected chi connectivity index (χ1v) is 6.84. The number of rotatable bonds is 3. The standard InChI is InChI=1S/C16H17N3O3/c1-14(2)13(11-5-7-12(8-6-11)19(20)21)16(9-17,10-18)15(14,3)22-4/h5-8,13H,1-4H3. The highest BCUT2D eigenvalue weighted by molar-refractivity contribution is 5.48. The molecule has 6 nitrogen and oxygen atoms in total. The molecular formula is C16H17N3O3. The smallest absolute Gasteiger partial charge is 0.269 e. The van der Waals surface area contributed by atoms with Crippen LogP contribution in [-0.4, -0.2) is 17.6 Å². The summed E-state index contributed by atoms with van der Waals surface area (Å²) in [6.45, 7) is 5.65. The van der Waals surface area contributed by atoms with E-state index in [9.17, 15) is 20.6 Å². The lowest BCUT2D eigenvalue weighted by Gasteiger charge is -2.66. The van der Waals surface area contributed by atoms with E-state index in [1.54, 1.807) is 19.1 Å². The largest absolute Gasteiger partial charge is 0.375 e. The second-order valence-corrected chi connectivity index (χ2v) is 6.27. The normalized spacial score (nSPS) is 28.0. The van der Waals surface area contributed by atoms with Gasteiger partial charge in [0.05, 0.1) is 17.1 Å². The minimum atomic E-state index is -1.33. The maximum atomic E-state index is 10.8. The van der Waals surface area contributed by atoms with Gasteiger partial charge in [-0.15, -0.1) is 0 Å². The Morgan fingerprint density at radius 1 is 1.18 bits per heavy atom. The number of nitro benzene ring substituents is 1. The number of nitrogens with zero attached hydrogens (tertiary/aromatic N) is 3. The van der Waals surface area contributed by atoms with Crippen LogP contribution >= 0.6 is 0 Å². The quantitative estimate of drug-likeness (QED) is 0.630. The topological polar surface area (TPSA) is 99.9 Å². The number of hydrogen-bond donors (Lipinski definition) is 0. The van der Waals surface area contributed by atoms with Crippen molar-refractivity contribution in [3.63, 3.8) is 0 Å². The predicted molar refractivity (Wildman–Crippen MR) is 78.7 cm³/mol. The number of methoxy groups -OCH3 is 1. The maximum absolute atomic E-state index is 10.8. The zero-order valence-electron chi connectivity index (χ0n) is 13.0. The molecule has 0 amide bonds.